The summed E-state index contributed by atoms with van der Waals surface area (Å²) in [6, 6.07) is 52.3. The summed E-state index contributed by atoms with van der Waals surface area (Å²) in [5.74, 6) is 0. The van der Waals surface area contributed by atoms with Gasteiger partial charge in [-0.15, -0.1) is 0 Å². The third kappa shape index (κ3) is 5.07. The molecule has 0 aliphatic carbocycles. The monoisotopic (exact) mass is 844 g/mol. The first kappa shape index (κ1) is 29.8. The van der Waals surface area contributed by atoms with E-state index < -0.39 is 0 Å². The van der Waals surface area contributed by atoms with Crippen LogP contribution in [0.5, 0.6) is 0 Å². The Labute approximate surface area is 301 Å². The van der Waals surface area contributed by atoms with Crippen LogP contribution in [0, 0.1) is 0 Å². The van der Waals surface area contributed by atoms with Crippen molar-refractivity contribution < 1.29 is 0 Å². The molecule has 0 aliphatic rings. The maximum Gasteiger partial charge on any atom is 0.0340 e. The third-order valence-corrected chi connectivity index (χ3v) is 11.4. The van der Waals surface area contributed by atoms with Crippen molar-refractivity contribution >= 4 is 96.0 Å². The lowest BCUT2D eigenvalue weighted by molar-refractivity contribution is 1.53. The second kappa shape index (κ2) is 12.2. The van der Waals surface area contributed by atoms with Gasteiger partial charge in [0.05, 0.1) is 0 Å². The Morgan fingerprint density at radius 3 is 1.74 bits per heavy atom. The van der Waals surface area contributed by atoms with Crippen LogP contribution >= 0.6 is 63.7 Å². The van der Waals surface area contributed by atoms with Gasteiger partial charge >= 0.3 is 0 Å². The predicted molar refractivity (Wildman–Crippen MR) is 212 cm³/mol. The van der Waals surface area contributed by atoms with Gasteiger partial charge in [0.1, 0.15) is 0 Å². The molecule has 0 nitrogen and oxygen atoms in total. The minimum absolute atomic E-state index is 1.03. The summed E-state index contributed by atoms with van der Waals surface area (Å²) in [7, 11) is 0. The highest BCUT2D eigenvalue weighted by Gasteiger charge is 2.24. The van der Waals surface area contributed by atoms with E-state index in [0.717, 1.165) is 40.1 Å². The zero-order valence-corrected chi connectivity index (χ0v) is 30.7. The molecule has 0 radical (unpaired) electrons. The number of rotatable bonds is 4. The quantitative estimate of drug-likeness (QED) is 0.166. The topological polar surface area (TPSA) is 0 Å². The van der Waals surface area contributed by atoms with E-state index in [2.05, 4.69) is 209 Å². The first-order valence-electron chi connectivity index (χ1n) is 15.0. The van der Waals surface area contributed by atoms with Crippen molar-refractivity contribution in [2.75, 3.05) is 0 Å². The standard InChI is InChI=1S/C42H24Br4/c43-28-19-17-27-18-22-37(44)39(35(27)23-28)36-24-38(45)40(33-16-8-12-26-11-4-5-13-29(26)33)41(42(36)46)34-21-20-30(25-9-2-1-3-10-25)31-14-6-7-15-32(31)34/h1-24H. The molecular weight excluding hydrogens is 824 g/mol. The van der Waals surface area contributed by atoms with Gasteiger partial charge in [0, 0.05) is 34.6 Å². The summed E-state index contributed by atoms with van der Waals surface area (Å²) in [6.07, 6.45) is 0. The fourth-order valence-electron chi connectivity index (χ4n) is 6.69. The predicted octanol–water partition coefficient (Wildman–Crippen LogP) is 14.9. The van der Waals surface area contributed by atoms with Crippen LogP contribution in [-0.2, 0) is 0 Å². The van der Waals surface area contributed by atoms with E-state index in [0.29, 0.717) is 0 Å². The third-order valence-electron chi connectivity index (χ3n) is 8.76. The van der Waals surface area contributed by atoms with Crippen molar-refractivity contribution in [2.24, 2.45) is 0 Å². The highest BCUT2D eigenvalue weighted by molar-refractivity contribution is 9.11. The molecule has 0 atom stereocenters. The molecule has 8 aromatic carbocycles. The van der Waals surface area contributed by atoms with Gasteiger partial charge in [0.2, 0.25) is 0 Å². The van der Waals surface area contributed by atoms with Crippen molar-refractivity contribution in [1.82, 2.24) is 0 Å². The molecule has 0 bridgehead atoms. The number of benzene rings is 8. The molecule has 4 heteroatoms. The second-order valence-corrected chi connectivity index (χ2v) is 14.8. The van der Waals surface area contributed by atoms with Crippen LogP contribution < -0.4 is 0 Å². The summed E-state index contributed by atoms with van der Waals surface area (Å²) < 4.78 is 4.17. The maximum absolute atomic E-state index is 4.24. The summed E-state index contributed by atoms with van der Waals surface area (Å²) in [6.45, 7) is 0. The second-order valence-electron chi connectivity index (χ2n) is 11.4. The highest BCUT2D eigenvalue weighted by atomic mass is 79.9. The van der Waals surface area contributed by atoms with E-state index in [1.54, 1.807) is 0 Å². The molecule has 0 N–H and O–H groups in total. The lowest BCUT2D eigenvalue weighted by atomic mass is 9.85. The van der Waals surface area contributed by atoms with Crippen LogP contribution in [0.1, 0.15) is 0 Å². The molecule has 46 heavy (non-hydrogen) atoms. The molecule has 8 rings (SSSR count). The molecule has 0 aliphatic heterocycles. The number of fused-ring (bicyclic) bond motifs is 3. The summed E-state index contributed by atoms with van der Waals surface area (Å²) in [5, 5.41) is 7.20. The minimum atomic E-state index is 1.03. The SMILES string of the molecule is Brc1ccc2ccc(Br)c(-c3cc(Br)c(-c4cccc5ccccc45)c(-c4ccc(-c5ccccc5)c5ccccc45)c3Br)c2c1. The zero-order valence-electron chi connectivity index (χ0n) is 24.4. The number of hydrogen-bond acceptors (Lipinski definition) is 0. The Bertz CT molecular complexity index is 2450. The maximum atomic E-state index is 4.24. The van der Waals surface area contributed by atoms with Gasteiger partial charge in [-0.1, -0.05) is 169 Å². The molecule has 0 fully saturated rings. The summed E-state index contributed by atoms with van der Waals surface area (Å²) in [5.41, 5.74) is 9.34. The molecule has 0 unspecified atom stereocenters. The van der Waals surface area contributed by atoms with E-state index in [1.165, 1.54) is 54.6 Å². The Morgan fingerprint density at radius 2 is 0.935 bits per heavy atom. The molecular formula is C42H24Br4. The van der Waals surface area contributed by atoms with Crippen LogP contribution in [-0.4, -0.2) is 0 Å². The Kier molecular flexibility index (Phi) is 7.94. The van der Waals surface area contributed by atoms with E-state index in [4.69, 9.17) is 0 Å². The van der Waals surface area contributed by atoms with Gasteiger partial charge in [-0.05, 0) is 100 Å². The van der Waals surface area contributed by atoms with Gasteiger partial charge in [0.15, 0.2) is 0 Å². The number of hydrogen-bond donors (Lipinski definition) is 0. The number of halogens is 4. The molecule has 220 valence electrons. The fourth-order valence-corrected chi connectivity index (χ4v) is 8.98. The average molecular weight is 848 g/mol. The lowest BCUT2D eigenvalue weighted by Gasteiger charge is -2.22. The van der Waals surface area contributed by atoms with Crippen molar-refractivity contribution in [3.05, 3.63) is 163 Å². The van der Waals surface area contributed by atoms with Gasteiger partial charge in [0.25, 0.3) is 0 Å². The van der Waals surface area contributed by atoms with Gasteiger partial charge in [-0.3, -0.25) is 0 Å². The van der Waals surface area contributed by atoms with Crippen LogP contribution in [0.4, 0.5) is 0 Å². The van der Waals surface area contributed by atoms with Crippen LogP contribution in [0.2, 0.25) is 0 Å². The zero-order chi connectivity index (χ0) is 31.4. The van der Waals surface area contributed by atoms with E-state index in [1.807, 2.05) is 0 Å². The molecule has 0 saturated heterocycles. The summed E-state index contributed by atoms with van der Waals surface area (Å²) >= 11 is 16.0. The lowest BCUT2D eigenvalue weighted by Crippen LogP contribution is -1.96. The van der Waals surface area contributed by atoms with E-state index >= 15 is 0 Å². The summed E-state index contributed by atoms with van der Waals surface area (Å²) in [4.78, 5) is 0. The van der Waals surface area contributed by atoms with Gasteiger partial charge in [-0.25, -0.2) is 0 Å². The van der Waals surface area contributed by atoms with Crippen molar-refractivity contribution in [3.8, 4) is 44.5 Å². The van der Waals surface area contributed by atoms with E-state index in [-0.39, 0.29) is 0 Å². The van der Waals surface area contributed by atoms with Gasteiger partial charge < -0.3 is 0 Å². The van der Waals surface area contributed by atoms with Crippen LogP contribution in [0.3, 0.4) is 0 Å². The van der Waals surface area contributed by atoms with Crippen LogP contribution in [0.25, 0.3) is 76.8 Å². The largest absolute Gasteiger partial charge is 0.0622 e. The first-order valence-corrected chi connectivity index (χ1v) is 18.1. The average Bonchev–Trinajstić information content (AvgIpc) is 3.09. The molecule has 0 spiro atoms. The normalized spacial score (nSPS) is 11.5. The molecule has 0 heterocycles. The molecule has 0 aromatic heterocycles. The van der Waals surface area contributed by atoms with Gasteiger partial charge in [-0.2, -0.15) is 0 Å². The van der Waals surface area contributed by atoms with Crippen molar-refractivity contribution in [3.63, 3.8) is 0 Å². The van der Waals surface area contributed by atoms with Crippen molar-refractivity contribution in [2.45, 2.75) is 0 Å². The molecule has 0 amide bonds. The van der Waals surface area contributed by atoms with E-state index in [9.17, 15) is 0 Å². The molecule has 8 aromatic rings. The Hall–Kier alpha value is -3.54. The minimum Gasteiger partial charge on any atom is -0.0622 e. The highest BCUT2D eigenvalue weighted by Crippen LogP contribution is 2.52. The Morgan fingerprint density at radius 1 is 0.326 bits per heavy atom. The van der Waals surface area contributed by atoms with Crippen molar-refractivity contribution in [1.29, 1.82) is 0 Å². The Balaban J connectivity index is 1.52. The first-order chi connectivity index (χ1) is 22.5. The smallest absolute Gasteiger partial charge is 0.0340 e. The fraction of sp³-hybridized carbons (Fsp3) is 0. The molecule has 0 saturated carbocycles. The van der Waals surface area contributed by atoms with Crippen LogP contribution in [0.15, 0.2) is 163 Å².